The first-order valence-electron chi connectivity index (χ1n) is 4.70. The van der Waals surface area contributed by atoms with Crippen LogP contribution >= 0.6 is 11.3 Å². The average molecular weight is 230 g/mol. The van der Waals surface area contributed by atoms with Crippen molar-refractivity contribution in [2.45, 2.75) is 6.54 Å². The first-order valence-corrected chi connectivity index (χ1v) is 5.58. The highest BCUT2D eigenvalue weighted by Gasteiger charge is 2.00. The van der Waals surface area contributed by atoms with Gasteiger partial charge in [-0.05, 0) is 18.2 Å². The molecular weight excluding hydrogens is 220 g/mol. The largest absolute Gasteiger partial charge is 0.398 e. The molecule has 0 amide bonds. The SMILES string of the molecule is N#Cc1ccc(NCc2cncs2)cc1N. The van der Waals surface area contributed by atoms with E-state index in [-0.39, 0.29) is 0 Å². The van der Waals surface area contributed by atoms with Gasteiger partial charge in [-0.25, -0.2) is 0 Å². The molecule has 1 aromatic heterocycles. The molecule has 16 heavy (non-hydrogen) atoms. The summed E-state index contributed by atoms with van der Waals surface area (Å²) < 4.78 is 0. The van der Waals surface area contributed by atoms with Gasteiger partial charge in [0.1, 0.15) is 6.07 Å². The summed E-state index contributed by atoms with van der Waals surface area (Å²) in [6, 6.07) is 7.35. The van der Waals surface area contributed by atoms with E-state index < -0.39 is 0 Å². The first-order chi connectivity index (χ1) is 7.79. The summed E-state index contributed by atoms with van der Waals surface area (Å²) in [4.78, 5) is 5.15. The number of nitrogens with two attached hydrogens (primary N) is 1. The Bertz CT molecular complexity index is 513. The highest BCUT2D eigenvalue weighted by molar-refractivity contribution is 7.09. The van der Waals surface area contributed by atoms with Gasteiger partial charge in [-0.3, -0.25) is 4.98 Å². The van der Waals surface area contributed by atoms with E-state index in [9.17, 15) is 0 Å². The van der Waals surface area contributed by atoms with Crippen LogP contribution in [-0.2, 0) is 6.54 Å². The minimum absolute atomic E-state index is 0.497. The van der Waals surface area contributed by atoms with Gasteiger partial charge in [0, 0.05) is 16.8 Å². The van der Waals surface area contributed by atoms with Crippen LogP contribution < -0.4 is 11.1 Å². The zero-order valence-corrected chi connectivity index (χ0v) is 9.29. The molecule has 0 fully saturated rings. The summed E-state index contributed by atoms with van der Waals surface area (Å²) in [5.41, 5.74) is 9.41. The van der Waals surface area contributed by atoms with Crippen molar-refractivity contribution in [1.29, 1.82) is 5.26 Å². The number of nitrogens with one attached hydrogen (secondary N) is 1. The lowest BCUT2D eigenvalue weighted by molar-refractivity contribution is 1.17. The molecule has 1 heterocycles. The van der Waals surface area contributed by atoms with Crippen molar-refractivity contribution in [2.24, 2.45) is 0 Å². The van der Waals surface area contributed by atoms with Gasteiger partial charge >= 0.3 is 0 Å². The molecule has 0 aliphatic rings. The second-order valence-electron chi connectivity index (χ2n) is 3.24. The Kier molecular flexibility index (Phi) is 3.03. The van der Waals surface area contributed by atoms with Gasteiger partial charge < -0.3 is 11.1 Å². The van der Waals surface area contributed by atoms with Crippen molar-refractivity contribution in [3.05, 3.63) is 40.3 Å². The lowest BCUT2D eigenvalue weighted by Gasteiger charge is -2.06. The number of benzene rings is 1. The lowest BCUT2D eigenvalue weighted by atomic mass is 10.2. The third kappa shape index (κ3) is 2.30. The smallest absolute Gasteiger partial charge is 0.101 e. The Morgan fingerprint density at radius 1 is 1.50 bits per heavy atom. The highest BCUT2D eigenvalue weighted by Crippen LogP contribution is 2.18. The summed E-state index contributed by atoms with van der Waals surface area (Å²) in [7, 11) is 0. The summed E-state index contributed by atoms with van der Waals surface area (Å²) >= 11 is 1.60. The molecule has 2 rings (SSSR count). The molecule has 5 heteroatoms. The van der Waals surface area contributed by atoms with E-state index in [1.807, 2.05) is 18.3 Å². The van der Waals surface area contributed by atoms with Crippen LogP contribution in [0.1, 0.15) is 10.4 Å². The maximum absolute atomic E-state index is 8.73. The zero-order valence-electron chi connectivity index (χ0n) is 8.47. The fourth-order valence-electron chi connectivity index (χ4n) is 1.29. The predicted octanol–water partition coefficient (Wildman–Crippen LogP) is 2.21. The molecule has 2 aromatic rings. The van der Waals surface area contributed by atoms with Crippen molar-refractivity contribution in [2.75, 3.05) is 11.1 Å². The molecule has 1 aromatic carbocycles. The van der Waals surface area contributed by atoms with Crippen LogP contribution in [0, 0.1) is 11.3 Å². The maximum atomic E-state index is 8.73. The Hall–Kier alpha value is -2.06. The number of rotatable bonds is 3. The van der Waals surface area contributed by atoms with Crippen LogP contribution in [0.25, 0.3) is 0 Å². The molecule has 0 spiro atoms. The second-order valence-corrected chi connectivity index (χ2v) is 4.21. The third-order valence-electron chi connectivity index (χ3n) is 2.12. The standard InChI is InChI=1S/C11H10N4S/c12-4-8-1-2-9(3-11(8)13)15-6-10-5-14-7-16-10/h1-3,5,7,15H,6,13H2. The van der Waals surface area contributed by atoms with E-state index in [1.54, 1.807) is 29.0 Å². The van der Waals surface area contributed by atoms with Crippen LogP contribution in [0.4, 0.5) is 11.4 Å². The minimum Gasteiger partial charge on any atom is -0.398 e. The lowest BCUT2D eigenvalue weighted by Crippen LogP contribution is -1.99. The van der Waals surface area contributed by atoms with E-state index in [2.05, 4.69) is 10.3 Å². The molecule has 80 valence electrons. The van der Waals surface area contributed by atoms with Crippen LogP contribution in [0.2, 0.25) is 0 Å². The van der Waals surface area contributed by atoms with Gasteiger partial charge in [0.2, 0.25) is 0 Å². The van der Waals surface area contributed by atoms with Gasteiger partial charge in [-0.1, -0.05) is 0 Å². The molecule has 4 nitrogen and oxygen atoms in total. The molecule has 0 aliphatic carbocycles. The molecule has 0 bridgehead atoms. The van der Waals surface area contributed by atoms with E-state index in [4.69, 9.17) is 11.0 Å². The molecule has 3 N–H and O–H groups in total. The van der Waals surface area contributed by atoms with Gasteiger partial charge in [-0.15, -0.1) is 11.3 Å². The number of aromatic nitrogens is 1. The number of nitriles is 1. The molecule has 0 atom stereocenters. The van der Waals surface area contributed by atoms with Crippen molar-refractivity contribution in [1.82, 2.24) is 4.98 Å². The number of hydrogen-bond donors (Lipinski definition) is 2. The van der Waals surface area contributed by atoms with Crippen LogP contribution in [0.15, 0.2) is 29.9 Å². The molecule has 0 radical (unpaired) electrons. The fraction of sp³-hybridized carbons (Fsp3) is 0.0909. The monoisotopic (exact) mass is 230 g/mol. The minimum atomic E-state index is 0.497. The fourth-order valence-corrected chi connectivity index (χ4v) is 1.83. The van der Waals surface area contributed by atoms with E-state index >= 15 is 0 Å². The number of hydrogen-bond acceptors (Lipinski definition) is 5. The first kappa shape index (κ1) is 10.5. The van der Waals surface area contributed by atoms with Crippen molar-refractivity contribution in [3.8, 4) is 6.07 Å². The number of thiazole rings is 1. The molecular formula is C11H10N4S. The van der Waals surface area contributed by atoms with E-state index in [1.165, 1.54) is 0 Å². The average Bonchev–Trinajstić information content (AvgIpc) is 2.79. The summed E-state index contributed by atoms with van der Waals surface area (Å²) in [6.45, 7) is 0.718. The predicted molar refractivity (Wildman–Crippen MR) is 65.0 cm³/mol. The number of nitrogens with zero attached hydrogens (tertiary/aromatic N) is 2. The molecule has 0 saturated heterocycles. The van der Waals surface area contributed by atoms with E-state index in [0.29, 0.717) is 11.3 Å². The highest BCUT2D eigenvalue weighted by atomic mass is 32.1. The zero-order chi connectivity index (χ0) is 11.4. The summed E-state index contributed by atoms with van der Waals surface area (Å²) in [6.07, 6.45) is 1.82. The van der Waals surface area contributed by atoms with E-state index in [0.717, 1.165) is 17.1 Å². The van der Waals surface area contributed by atoms with Crippen LogP contribution in [0.5, 0.6) is 0 Å². The number of nitrogen functional groups attached to an aromatic ring is 1. The Morgan fingerprint density at radius 3 is 3.00 bits per heavy atom. The van der Waals surface area contributed by atoms with Gasteiger partial charge in [0.05, 0.1) is 23.3 Å². The van der Waals surface area contributed by atoms with Crippen molar-refractivity contribution < 1.29 is 0 Å². The summed E-state index contributed by atoms with van der Waals surface area (Å²) in [5, 5.41) is 12.0. The normalized spacial score (nSPS) is 9.69. The Morgan fingerprint density at radius 2 is 2.38 bits per heavy atom. The van der Waals surface area contributed by atoms with Crippen molar-refractivity contribution >= 4 is 22.7 Å². The quantitative estimate of drug-likeness (QED) is 0.793. The second kappa shape index (κ2) is 4.64. The van der Waals surface area contributed by atoms with Crippen LogP contribution in [0.3, 0.4) is 0 Å². The molecule has 0 aliphatic heterocycles. The Balaban J connectivity index is 2.06. The molecule has 0 saturated carbocycles. The Labute approximate surface area is 97.4 Å². The van der Waals surface area contributed by atoms with Crippen LogP contribution in [-0.4, -0.2) is 4.98 Å². The summed E-state index contributed by atoms with van der Waals surface area (Å²) in [5.74, 6) is 0. The molecule has 0 unspecified atom stereocenters. The van der Waals surface area contributed by atoms with Gasteiger partial charge in [0.25, 0.3) is 0 Å². The topological polar surface area (TPSA) is 74.7 Å². The van der Waals surface area contributed by atoms with Gasteiger partial charge in [-0.2, -0.15) is 5.26 Å². The van der Waals surface area contributed by atoms with Crippen molar-refractivity contribution in [3.63, 3.8) is 0 Å². The number of anilines is 2. The maximum Gasteiger partial charge on any atom is 0.101 e. The third-order valence-corrected chi connectivity index (χ3v) is 2.90. The van der Waals surface area contributed by atoms with Gasteiger partial charge in [0.15, 0.2) is 0 Å².